The van der Waals surface area contributed by atoms with Gasteiger partial charge in [-0.25, -0.2) is 0 Å². The van der Waals surface area contributed by atoms with Crippen molar-refractivity contribution in [3.63, 3.8) is 0 Å². The Balaban J connectivity index is 2.03. The first kappa shape index (κ1) is 13.9. The van der Waals surface area contributed by atoms with Crippen LogP contribution in [-0.4, -0.2) is 24.4 Å². The van der Waals surface area contributed by atoms with Crippen LogP contribution in [-0.2, 0) is 9.59 Å². The molecular weight excluding hydrogens is 264 g/mol. The lowest BCUT2D eigenvalue weighted by Crippen LogP contribution is -2.39. The number of nitrogens with one attached hydrogen (secondary N) is 1. The molecule has 2 amide bonds. The molecule has 1 atom stereocenters. The fourth-order valence-electron chi connectivity index (χ4n) is 2.04. The Labute approximate surface area is 117 Å². The van der Waals surface area contributed by atoms with Crippen molar-refractivity contribution in [3.8, 4) is 0 Å². The largest absolute Gasteiger partial charge is 0.351 e. The molecule has 2 rings (SSSR count). The van der Waals surface area contributed by atoms with Crippen LogP contribution in [0.3, 0.4) is 0 Å². The van der Waals surface area contributed by atoms with Crippen LogP contribution in [0.5, 0.6) is 0 Å². The first-order valence-corrected chi connectivity index (χ1v) is 6.71. The van der Waals surface area contributed by atoms with Gasteiger partial charge in [-0.15, -0.1) is 0 Å². The topological polar surface area (TPSA) is 49.4 Å². The molecule has 1 fully saturated rings. The minimum absolute atomic E-state index is 0.0178. The van der Waals surface area contributed by atoms with E-state index in [1.54, 1.807) is 17.0 Å². The molecule has 102 valence electrons. The van der Waals surface area contributed by atoms with Gasteiger partial charge in [-0.2, -0.15) is 0 Å². The Bertz CT molecular complexity index is 485. The number of halogens is 1. The zero-order chi connectivity index (χ0) is 14.0. The van der Waals surface area contributed by atoms with Crippen LogP contribution in [0.4, 0.5) is 5.69 Å². The third-order valence-corrected chi connectivity index (χ3v) is 3.39. The SMILES string of the molecule is CC(C)C(=O)NC1CC(=O)N(c2ccc(Cl)cc2)C1. The average molecular weight is 281 g/mol. The zero-order valence-electron chi connectivity index (χ0n) is 11.0. The van der Waals surface area contributed by atoms with E-state index >= 15 is 0 Å². The summed E-state index contributed by atoms with van der Waals surface area (Å²) in [6.07, 6.45) is 0.348. The summed E-state index contributed by atoms with van der Waals surface area (Å²) < 4.78 is 0. The predicted octanol–water partition coefficient (Wildman–Crippen LogP) is 2.22. The molecule has 0 radical (unpaired) electrons. The van der Waals surface area contributed by atoms with E-state index in [-0.39, 0.29) is 23.8 Å². The normalized spacial score (nSPS) is 19.1. The van der Waals surface area contributed by atoms with E-state index in [1.807, 2.05) is 26.0 Å². The molecule has 19 heavy (non-hydrogen) atoms. The molecule has 0 saturated carbocycles. The van der Waals surface area contributed by atoms with E-state index in [2.05, 4.69) is 5.32 Å². The van der Waals surface area contributed by atoms with Crippen molar-refractivity contribution in [1.82, 2.24) is 5.32 Å². The van der Waals surface area contributed by atoms with Crippen molar-refractivity contribution in [2.45, 2.75) is 26.3 Å². The summed E-state index contributed by atoms with van der Waals surface area (Å²) in [6.45, 7) is 4.19. The Kier molecular flexibility index (Phi) is 4.10. The van der Waals surface area contributed by atoms with Crippen LogP contribution in [0.25, 0.3) is 0 Å². The van der Waals surface area contributed by atoms with Crippen LogP contribution in [0.2, 0.25) is 5.02 Å². The maximum Gasteiger partial charge on any atom is 0.229 e. The quantitative estimate of drug-likeness (QED) is 0.923. The highest BCUT2D eigenvalue weighted by Gasteiger charge is 2.31. The van der Waals surface area contributed by atoms with E-state index in [9.17, 15) is 9.59 Å². The van der Waals surface area contributed by atoms with Gasteiger partial charge in [0.15, 0.2) is 0 Å². The summed E-state index contributed by atoms with van der Waals surface area (Å²) in [5, 5.41) is 3.53. The second-order valence-electron chi connectivity index (χ2n) is 5.05. The number of benzene rings is 1. The number of hydrogen-bond donors (Lipinski definition) is 1. The number of amides is 2. The molecule has 0 spiro atoms. The lowest BCUT2D eigenvalue weighted by molar-refractivity contribution is -0.124. The molecule has 4 nitrogen and oxygen atoms in total. The second kappa shape index (κ2) is 5.61. The summed E-state index contributed by atoms with van der Waals surface area (Å²) in [7, 11) is 0. The molecule has 1 aliphatic heterocycles. The summed E-state index contributed by atoms with van der Waals surface area (Å²) in [6, 6.07) is 7.02. The fourth-order valence-corrected chi connectivity index (χ4v) is 2.17. The van der Waals surface area contributed by atoms with E-state index < -0.39 is 0 Å². The molecule has 1 heterocycles. The molecule has 0 aromatic heterocycles. The standard InChI is InChI=1S/C14H17ClN2O2/c1-9(2)14(19)16-11-7-13(18)17(8-11)12-5-3-10(15)4-6-12/h3-6,9,11H,7-8H2,1-2H3,(H,16,19). The maximum absolute atomic E-state index is 12.0. The minimum Gasteiger partial charge on any atom is -0.351 e. The maximum atomic E-state index is 12.0. The summed E-state index contributed by atoms with van der Waals surface area (Å²) in [5.74, 6) is -0.0631. The Morgan fingerprint density at radius 3 is 2.58 bits per heavy atom. The van der Waals surface area contributed by atoms with Crippen LogP contribution < -0.4 is 10.2 Å². The van der Waals surface area contributed by atoms with Crippen molar-refractivity contribution in [1.29, 1.82) is 0 Å². The van der Waals surface area contributed by atoms with Gasteiger partial charge in [0.1, 0.15) is 0 Å². The van der Waals surface area contributed by atoms with Crippen LogP contribution in [0, 0.1) is 5.92 Å². The molecule has 1 aromatic carbocycles. The Hall–Kier alpha value is -1.55. The second-order valence-corrected chi connectivity index (χ2v) is 5.48. The number of nitrogens with zero attached hydrogens (tertiary/aromatic N) is 1. The summed E-state index contributed by atoms with van der Waals surface area (Å²) >= 11 is 5.83. The molecule has 1 aromatic rings. The number of rotatable bonds is 3. The molecule has 0 aliphatic carbocycles. The lowest BCUT2D eigenvalue weighted by Gasteiger charge is -2.18. The van der Waals surface area contributed by atoms with Gasteiger partial charge in [-0.05, 0) is 24.3 Å². The molecule has 1 aliphatic rings. The van der Waals surface area contributed by atoms with Gasteiger partial charge in [0.05, 0.1) is 6.04 Å². The zero-order valence-corrected chi connectivity index (χ0v) is 11.8. The Morgan fingerprint density at radius 1 is 1.37 bits per heavy atom. The number of hydrogen-bond acceptors (Lipinski definition) is 2. The van der Waals surface area contributed by atoms with Gasteiger partial charge in [0, 0.05) is 29.6 Å². The van der Waals surface area contributed by atoms with Crippen LogP contribution in [0.15, 0.2) is 24.3 Å². The van der Waals surface area contributed by atoms with Gasteiger partial charge >= 0.3 is 0 Å². The van der Waals surface area contributed by atoms with Crippen molar-refractivity contribution in [2.24, 2.45) is 5.92 Å². The molecule has 5 heteroatoms. The summed E-state index contributed by atoms with van der Waals surface area (Å²) in [4.78, 5) is 25.3. The highest BCUT2D eigenvalue weighted by atomic mass is 35.5. The third kappa shape index (κ3) is 3.26. The highest BCUT2D eigenvalue weighted by Crippen LogP contribution is 2.23. The van der Waals surface area contributed by atoms with Crippen molar-refractivity contribution in [2.75, 3.05) is 11.4 Å². The van der Waals surface area contributed by atoms with Crippen molar-refractivity contribution in [3.05, 3.63) is 29.3 Å². The summed E-state index contributed by atoms with van der Waals surface area (Å²) in [5.41, 5.74) is 0.815. The van der Waals surface area contributed by atoms with E-state index in [4.69, 9.17) is 11.6 Å². The van der Waals surface area contributed by atoms with Crippen LogP contribution in [0.1, 0.15) is 20.3 Å². The molecule has 1 N–H and O–H groups in total. The molecule has 1 unspecified atom stereocenters. The molecule has 1 saturated heterocycles. The first-order chi connectivity index (χ1) is 8.97. The molecular formula is C14H17ClN2O2. The monoisotopic (exact) mass is 280 g/mol. The molecule has 0 bridgehead atoms. The fraction of sp³-hybridized carbons (Fsp3) is 0.429. The van der Waals surface area contributed by atoms with Gasteiger partial charge in [-0.1, -0.05) is 25.4 Å². The third-order valence-electron chi connectivity index (χ3n) is 3.13. The average Bonchev–Trinajstić information content (AvgIpc) is 2.71. The van der Waals surface area contributed by atoms with E-state index in [1.165, 1.54) is 0 Å². The number of anilines is 1. The first-order valence-electron chi connectivity index (χ1n) is 6.33. The van der Waals surface area contributed by atoms with Gasteiger partial charge in [0.2, 0.25) is 11.8 Å². The van der Waals surface area contributed by atoms with Crippen molar-refractivity contribution >= 4 is 29.1 Å². The van der Waals surface area contributed by atoms with E-state index in [0.29, 0.717) is 18.0 Å². The van der Waals surface area contributed by atoms with Gasteiger partial charge in [0.25, 0.3) is 0 Å². The Morgan fingerprint density at radius 2 is 2.00 bits per heavy atom. The number of carbonyl (C=O) groups is 2. The van der Waals surface area contributed by atoms with Crippen molar-refractivity contribution < 1.29 is 9.59 Å². The van der Waals surface area contributed by atoms with Gasteiger partial charge in [-0.3, -0.25) is 9.59 Å². The smallest absolute Gasteiger partial charge is 0.229 e. The predicted molar refractivity (Wildman–Crippen MR) is 75.2 cm³/mol. The van der Waals surface area contributed by atoms with Crippen LogP contribution >= 0.6 is 11.6 Å². The highest BCUT2D eigenvalue weighted by molar-refractivity contribution is 6.30. The van der Waals surface area contributed by atoms with E-state index in [0.717, 1.165) is 5.69 Å². The van der Waals surface area contributed by atoms with Gasteiger partial charge < -0.3 is 10.2 Å². The lowest BCUT2D eigenvalue weighted by atomic mass is 10.2. The minimum atomic E-state index is -0.113. The number of carbonyl (C=O) groups excluding carboxylic acids is 2.